The summed E-state index contributed by atoms with van der Waals surface area (Å²) in [6.45, 7) is 0.835. The Kier molecular flexibility index (Phi) is 3.54. The number of nitrogens with two attached hydrogens (primary N) is 1. The number of carbonyl (C=O) groups is 1. The largest absolute Gasteiger partial charge is 0.485 e. The van der Waals surface area contributed by atoms with Crippen LogP contribution >= 0.6 is 0 Å². The van der Waals surface area contributed by atoms with Crippen molar-refractivity contribution in [3.8, 4) is 5.75 Å². The molecule has 0 aliphatic carbocycles. The van der Waals surface area contributed by atoms with Gasteiger partial charge in [-0.3, -0.25) is 4.79 Å². The van der Waals surface area contributed by atoms with E-state index in [1.165, 1.54) is 6.20 Å². The molecule has 82 valence electrons. The van der Waals surface area contributed by atoms with Gasteiger partial charge in [-0.2, -0.15) is 0 Å². The number of aromatic nitrogens is 1. The zero-order chi connectivity index (χ0) is 11.4. The van der Waals surface area contributed by atoms with Crippen LogP contribution in [0.1, 0.15) is 16.1 Å². The van der Waals surface area contributed by atoms with E-state index in [1.54, 1.807) is 13.0 Å². The van der Waals surface area contributed by atoms with E-state index in [0.717, 1.165) is 0 Å². The summed E-state index contributed by atoms with van der Waals surface area (Å²) in [4.78, 5) is 14.6. The second-order valence-electron chi connectivity index (χ2n) is 2.87. The summed E-state index contributed by atoms with van der Waals surface area (Å²) in [5.41, 5.74) is 5.43. The van der Waals surface area contributed by atoms with E-state index in [2.05, 4.69) is 4.98 Å². The Morgan fingerprint density at radius 2 is 2.33 bits per heavy atom. The maximum atomic E-state index is 11.9. The number of amides is 1. The van der Waals surface area contributed by atoms with E-state index in [9.17, 15) is 13.6 Å². The van der Waals surface area contributed by atoms with E-state index >= 15 is 0 Å². The monoisotopic (exact) mass is 216 g/mol. The molecule has 0 radical (unpaired) electrons. The number of aryl methyl sites for hydroxylation is 1. The molecular weight excluding hydrogens is 206 g/mol. The second-order valence-corrected chi connectivity index (χ2v) is 2.87. The minimum atomic E-state index is -2.61. The number of primary amides is 1. The first-order chi connectivity index (χ1) is 7.02. The maximum Gasteiger partial charge on any atom is 0.272 e. The number of nitrogens with zero attached hydrogens (tertiary/aromatic N) is 1. The summed E-state index contributed by atoms with van der Waals surface area (Å²) in [6.07, 6.45) is -1.24. The number of pyridine rings is 1. The predicted octanol–water partition coefficient (Wildman–Crippen LogP) is 1.13. The number of carbonyl (C=O) groups excluding carboxylic acids is 1. The molecule has 0 unspecified atom stereocenters. The van der Waals surface area contributed by atoms with Crippen LogP contribution < -0.4 is 10.5 Å². The van der Waals surface area contributed by atoms with Crippen LogP contribution in [0.5, 0.6) is 5.75 Å². The molecule has 0 bridgehead atoms. The van der Waals surface area contributed by atoms with Crippen LogP contribution in [0.4, 0.5) is 8.78 Å². The molecule has 0 saturated carbocycles. The van der Waals surface area contributed by atoms with Crippen LogP contribution in [0.15, 0.2) is 12.3 Å². The summed E-state index contributed by atoms with van der Waals surface area (Å²) in [5.74, 6) is -0.784. The molecule has 2 N–H and O–H groups in total. The summed E-state index contributed by atoms with van der Waals surface area (Å²) < 4.78 is 28.6. The van der Waals surface area contributed by atoms with Crippen LogP contribution in [0.25, 0.3) is 0 Å². The van der Waals surface area contributed by atoms with Crippen molar-refractivity contribution in [2.45, 2.75) is 13.3 Å². The molecule has 0 atom stereocenters. The highest BCUT2D eigenvalue weighted by Crippen LogP contribution is 2.21. The van der Waals surface area contributed by atoms with E-state index in [4.69, 9.17) is 10.5 Å². The Hall–Kier alpha value is -1.72. The third-order valence-electron chi connectivity index (χ3n) is 1.69. The molecule has 0 aliphatic heterocycles. The van der Waals surface area contributed by atoms with Crippen molar-refractivity contribution in [3.05, 3.63) is 23.5 Å². The van der Waals surface area contributed by atoms with E-state index in [1.807, 2.05) is 0 Å². The molecular formula is C9H10F2N2O2. The average molecular weight is 216 g/mol. The van der Waals surface area contributed by atoms with Crippen molar-refractivity contribution in [2.24, 2.45) is 5.73 Å². The van der Waals surface area contributed by atoms with Gasteiger partial charge >= 0.3 is 0 Å². The van der Waals surface area contributed by atoms with Crippen LogP contribution in [0.2, 0.25) is 0 Å². The molecule has 15 heavy (non-hydrogen) atoms. The first kappa shape index (κ1) is 11.4. The molecule has 1 aromatic heterocycles. The third kappa shape index (κ3) is 2.87. The van der Waals surface area contributed by atoms with Crippen LogP contribution in [-0.4, -0.2) is 23.9 Å². The van der Waals surface area contributed by atoms with Gasteiger partial charge in [0.1, 0.15) is 6.61 Å². The standard InChI is InChI=1S/C9H10F2N2O2/c1-5-2-3-13-7(9(12)14)8(5)15-4-6(10)11/h2-3,6H,4H2,1H3,(H2,12,14). The summed E-state index contributed by atoms with van der Waals surface area (Å²) in [6, 6.07) is 1.55. The lowest BCUT2D eigenvalue weighted by Crippen LogP contribution is -2.17. The molecule has 4 nitrogen and oxygen atoms in total. The fourth-order valence-electron chi connectivity index (χ4n) is 1.05. The topological polar surface area (TPSA) is 65.2 Å². The van der Waals surface area contributed by atoms with Crippen molar-refractivity contribution in [3.63, 3.8) is 0 Å². The van der Waals surface area contributed by atoms with Gasteiger partial charge in [-0.05, 0) is 18.6 Å². The number of rotatable bonds is 4. The van der Waals surface area contributed by atoms with Crippen LogP contribution in [-0.2, 0) is 0 Å². The molecule has 6 heteroatoms. The smallest absolute Gasteiger partial charge is 0.272 e. The van der Waals surface area contributed by atoms with Gasteiger partial charge in [0.15, 0.2) is 11.4 Å². The van der Waals surface area contributed by atoms with Gasteiger partial charge in [-0.1, -0.05) is 0 Å². The van der Waals surface area contributed by atoms with Crippen molar-refractivity contribution in [1.29, 1.82) is 0 Å². The van der Waals surface area contributed by atoms with Gasteiger partial charge in [-0.15, -0.1) is 0 Å². The molecule has 0 saturated heterocycles. The Morgan fingerprint density at radius 3 is 2.87 bits per heavy atom. The minimum absolute atomic E-state index is 0.0188. The number of ether oxygens (including phenoxy) is 1. The number of alkyl halides is 2. The van der Waals surface area contributed by atoms with Crippen LogP contribution in [0.3, 0.4) is 0 Å². The SMILES string of the molecule is Cc1ccnc(C(N)=O)c1OCC(F)F. The molecule has 1 rings (SSSR count). The lowest BCUT2D eigenvalue weighted by molar-refractivity contribution is 0.0794. The van der Waals surface area contributed by atoms with Crippen molar-refractivity contribution < 1.29 is 18.3 Å². The summed E-state index contributed by atoms with van der Waals surface area (Å²) >= 11 is 0. The molecule has 1 aromatic rings. The average Bonchev–Trinajstić information content (AvgIpc) is 2.15. The van der Waals surface area contributed by atoms with E-state index in [-0.39, 0.29) is 11.4 Å². The normalized spacial score (nSPS) is 10.4. The maximum absolute atomic E-state index is 11.9. The lowest BCUT2D eigenvalue weighted by Gasteiger charge is -2.10. The van der Waals surface area contributed by atoms with Gasteiger partial charge in [0.25, 0.3) is 12.3 Å². The zero-order valence-electron chi connectivity index (χ0n) is 8.04. The fourth-order valence-corrected chi connectivity index (χ4v) is 1.05. The lowest BCUT2D eigenvalue weighted by atomic mass is 10.2. The Bertz CT molecular complexity index is 369. The number of hydrogen-bond donors (Lipinski definition) is 1. The summed E-state index contributed by atoms with van der Waals surface area (Å²) in [5, 5.41) is 0. The van der Waals surface area contributed by atoms with Gasteiger partial charge in [0, 0.05) is 6.20 Å². The fraction of sp³-hybridized carbons (Fsp3) is 0.333. The highest BCUT2D eigenvalue weighted by atomic mass is 19.3. The zero-order valence-corrected chi connectivity index (χ0v) is 8.04. The van der Waals surface area contributed by atoms with Crippen molar-refractivity contribution in [1.82, 2.24) is 4.98 Å². The second kappa shape index (κ2) is 4.68. The number of halogens is 2. The molecule has 0 fully saturated rings. The first-order valence-corrected chi connectivity index (χ1v) is 4.18. The van der Waals surface area contributed by atoms with Gasteiger partial charge in [0.2, 0.25) is 0 Å². The molecule has 0 aromatic carbocycles. The molecule has 1 heterocycles. The van der Waals surface area contributed by atoms with Gasteiger partial charge in [0.05, 0.1) is 0 Å². The van der Waals surface area contributed by atoms with Crippen molar-refractivity contribution >= 4 is 5.91 Å². The molecule has 1 amide bonds. The van der Waals surface area contributed by atoms with Crippen molar-refractivity contribution in [2.75, 3.05) is 6.61 Å². The minimum Gasteiger partial charge on any atom is -0.485 e. The molecule has 0 aliphatic rings. The Balaban J connectivity index is 2.97. The quantitative estimate of drug-likeness (QED) is 0.820. The Labute approximate surface area is 85.1 Å². The highest BCUT2D eigenvalue weighted by molar-refractivity contribution is 5.93. The van der Waals surface area contributed by atoms with Gasteiger partial charge in [-0.25, -0.2) is 13.8 Å². The number of hydrogen-bond acceptors (Lipinski definition) is 3. The Morgan fingerprint density at radius 1 is 1.67 bits per heavy atom. The molecule has 0 spiro atoms. The van der Waals surface area contributed by atoms with E-state index < -0.39 is 18.9 Å². The first-order valence-electron chi connectivity index (χ1n) is 4.18. The van der Waals surface area contributed by atoms with Gasteiger partial charge < -0.3 is 10.5 Å². The third-order valence-corrected chi connectivity index (χ3v) is 1.69. The highest BCUT2D eigenvalue weighted by Gasteiger charge is 2.15. The van der Waals surface area contributed by atoms with Crippen LogP contribution in [0, 0.1) is 6.92 Å². The summed E-state index contributed by atoms with van der Waals surface area (Å²) in [7, 11) is 0. The van der Waals surface area contributed by atoms with E-state index in [0.29, 0.717) is 5.56 Å². The predicted molar refractivity (Wildman–Crippen MR) is 49.0 cm³/mol.